The fraction of sp³-hybridized carbons (Fsp3) is 0.0769. The molecule has 0 aliphatic rings. The summed E-state index contributed by atoms with van der Waals surface area (Å²) in [7, 11) is -2.28. The molecule has 6 nitrogen and oxygen atoms in total. The quantitative estimate of drug-likeness (QED) is 0.692. The Balaban J connectivity index is 2.22. The largest absolute Gasteiger partial charge is 0.497 e. The molecule has 0 bridgehead atoms. The van der Waals surface area contributed by atoms with E-state index in [1.54, 1.807) is 31.4 Å². The molecule has 2 aromatic rings. The lowest BCUT2D eigenvalue weighted by atomic mass is 10.3. The van der Waals surface area contributed by atoms with Crippen LogP contribution in [-0.4, -0.2) is 15.5 Å². The lowest BCUT2D eigenvalue weighted by Gasteiger charge is -1.99. The number of ether oxygens (including phenoxy) is 1. The normalized spacial score (nSPS) is 11.7. The molecule has 7 heteroatoms. The standard InChI is InChI=1S/C13H13N3O3S/c1-19-12-6-4-11(5-7-12)15-16-20(17,18)13-8-2-10(14)3-9-13/h2-9H,14H2,1H3. The van der Waals surface area contributed by atoms with Crippen LogP contribution < -0.4 is 10.5 Å². The highest BCUT2D eigenvalue weighted by molar-refractivity contribution is 7.90. The molecule has 0 unspecified atom stereocenters. The lowest BCUT2D eigenvalue weighted by Crippen LogP contribution is -1.96. The number of benzene rings is 2. The molecule has 0 radical (unpaired) electrons. The first kappa shape index (κ1) is 14.0. The highest BCUT2D eigenvalue weighted by Crippen LogP contribution is 2.20. The average Bonchev–Trinajstić information content (AvgIpc) is 2.46. The SMILES string of the molecule is COc1ccc(N=NS(=O)(=O)c2ccc(N)cc2)cc1. The molecule has 0 heterocycles. The van der Waals surface area contributed by atoms with Crippen LogP contribution in [0.15, 0.2) is 63.1 Å². The maximum Gasteiger partial charge on any atom is 0.299 e. The molecule has 0 aliphatic carbocycles. The van der Waals surface area contributed by atoms with Crippen LogP contribution in [0, 0.1) is 0 Å². The molecule has 104 valence electrons. The van der Waals surface area contributed by atoms with Gasteiger partial charge in [0.1, 0.15) is 5.75 Å². The van der Waals surface area contributed by atoms with Crippen LogP contribution in [0.5, 0.6) is 5.75 Å². The van der Waals surface area contributed by atoms with Gasteiger partial charge >= 0.3 is 0 Å². The van der Waals surface area contributed by atoms with Crippen LogP contribution >= 0.6 is 0 Å². The van der Waals surface area contributed by atoms with E-state index < -0.39 is 10.0 Å². The number of nitrogens with two attached hydrogens (primary N) is 1. The monoisotopic (exact) mass is 291 g/mol. The number of methoxy groups -OCH3 is 1. The van der Waals surface area contributed by atoms with Gasteiger partial charge in [0.2, 0.25) is 0 Å². The predicted octanol–water partition coefficient (Wildman–Crippen LogP) is 2.75. The topological polar surface area (TPSA) is 94.1 Å². The molecule has 0 aliphatic heterocycles. The molecule has 0 fully saturated rings. The molecular formula is C13H13N3O3S. The lowest BCUT2D eigenvalue weighted by molar-refractivity contribution is 0.415. The van der Waals surface area contributed by atoms with Gasteiger partial charge in [-0.1, -0.05) is 4.52 Å². The fourth-order valence-corrected chi connectivity index (χ4v) is 2.21. The number of hydrogen-bond donors (Lipinski definition) is 1. The highest BCUT2D eigenvalue weighted by Gasteiger charge is 2.12. The van der Waals surface area contributed by atoms with Crippen LogP contribution in [0.3, 0.4) is 0 Å². The minimum atomic E-state index is -3.82. The van der Waals surface area contributed by atoms with Crippen molar-refractivity contribution in [2.45, 2.75) is 4.90 Å². The Morgan fingerprint density at radius 3 is 2.15 bits per heavy atom. The third-order valence-electron chi connectivity index (χ3n) is 2.51. The Hall–Kier alpha value is -2.41. The van der Waals surface area contributed by atoms with Crippen molar-refractivity contribution < 1.29 is 13.2 Å². The zero-order valence-electron chi connectivity index (χ0n) is 10.7. The van der Waals surface area contributed by atoms with Gasteiger partial charge in [0, 0.05) is 5.69 Å². The van der Waals surface area contributed by atoms with Gasteiger partial charge in [-0.2, -0.15) is 8.42 Å². The third kappa shape index (κ3) is 3.33. The maximum absolute atomic E-state index is 11.9. The Bertz CT molecular complexity index is 708. The van der Waals surface area contributed by atoms with Gasteiger partial charge in [-0.15, -0.1) is 5.11 Å². The van der Waals surface area contributed by atoms with Crippen molar-refractivity contribution in [3.8, 4) is 5.75 Å². The van der Waals surface area contributed by atoms with Crippen molar-refractivity contribution >= 4 is 21.4 Å². The summed E-state index contributed by atoms with van der Waals surface area (Å²) in [6, 6.07) is 12.3. The Labute approximate surface area is 117 Å². The van der Waals surface area contributed by atoms with Crippen molar-refractivity contribution in [2.24, 2.45) is 9.63 Å². The van der Waals surface area contributed by atoms with E-state index >= 15 is 0 Å². The van der Waals surface area contributed by atoms with Crippen molar-refractivity contribution in [2.75, 3.05) is 12.8 Å². The van der Waals surface area contributed by atoms with E-state index in [-0.39, 0.29) is 4.90 Å². The molecular weight excluding hydrogens is 278 g/mol. The van der Waals surface area contributed by atoms with Crippen LogP contribution in [0.2, 0.25) is 0 Å². The number of rotatable bonds is 4. The molecule has 0 amide bonds. The molecule has 0 spiro atoms. The molecule has 2 aromatic carbocycles. The average molecular weight is 291 g/mol. The van der Waals surface area contributed by atoms with Gasteiger partial charge in [0.15, 0.2) is 0 Å². The van der Waals surface area contributed by atoms with Gasteiger partial charge in [0.25, 0.3) is 10.0 Å². The van der Waals surface area contributed by atoms with Gasteiger partial charge in [-0.3, -0.25) is 0 Å². The van der Waals surface area contributed by atoms with E-state index in [0.717, 1.165) is 0 Å². The zero-order valence-corrected chi connectivity index (χ0v) is 11.5. The molecule has 2 rings (SSSR count). The van der Waals surface area contributed by atoms with Crippen molar-refractivity contribution in [3.05, 3.63) is 48.5 Å². The Morgan fingerprint density at radius 1 is 1.00 bits per heavy atom. The summed E-state index contributed by atoms with van der Waals surface area (Å²) < 4.78 is 32.2. The minimum Gasteiger partial charge on any atom is -0.497 e. The molecule has 0 aromatic heterocycles. The van der Waals surface area contributed by atoms with E-state index in [1.165, 1.54) is 24.3 Å². The maximum atomic E-state index is 11.9. The number of hydrogen-bond acceptors (Lipinski definition) is 5. The summed E-state index contributed by atoms with van der Waals surface area (Å²) in [5, 5.41) is 3.70. The predicted molar refractivity (Wildman–Crippen MR) is 75.6 cm³/mol. The van der Waals surface area contributed by atoms with Gasteiger partial charge in [-0.25, -0.2) is 0 Å². The van der Waals surface area contributed by atoms with E-state index in [9.17, 15) is 8.42 Å². The molecule has 0 saturated heterocycles. The van der Waals surface area contributed by atoms with Crippen LogP contribution in [-0.2, 0) is 10.0 Å². The second kappa shape index (κ2) is 5.70. The van der Waals surface area contributed by atoms with Gasteiger partial charge in [-0.05, 0) is 48.5 Å². The highest BCUT2D eigenvalue weighted by atomic mass is 32.2. The number of nitrogen functional groups attached to an aromatic ring is 1. The van der Waals surface area contributed by atoms with Crippen molar-refractivity contribution in [3.63, 3.8) is 0 Å². The number of nitrogens with zero attached hydrogens (tertiary/aromatic N) is 2. The minimum absolute atomic E-state index is 0.0453. The zero-order chi connectivity index (χ0) is 14.6. The summed E-state index contributed by atoms with van der Waals surface area (Å²) >= 11 is 0. The summed E-state index contributed by atoms with van der Waals surface area (Å²) in [4.78, 5) is 0.0453. The smallest absolute Gasteiger partial charge is 0.299 e. The van der Waals surface area contributed by atoms with E-state index in [2.05, 4.69) is 9.63 Å². The van der Waals surface area contributed by atoms with Crippen LogP contribution in [0.1, 0.15) is 0 Å². The van der Waals surface area contributed by atoms with E-state index in [4.69, 9.17) is 10.5 Å². The molecule has 0 saturated carbocycles. The fourth-order valence-electron chi connectivity index (χ4n) is 1.44. The van der Waals surface area contributed by atoms with Crippen LogP contribution in [0.25, 0.3) is 0 Å². The second-order valence-electron chi connectivity index (χ2n) is 3.92. The second-order valence-corrected chi connectivity index (χ2v) is 5.51. The first-order valence-corrected chi connectivity index (χ1v) is 7.13. The third-order valence-corrected chi connectivity index (χ3v) is 3.68. The summed E-state index contributed by atoms with van der Waals surface area (Å²) in [5.74, 6) is 0.658. The molecule has 2 N–H and O–H groups in total. The van der Waals surface area contributed by atoms with Gasteiger partial charge in [0.05, 0.1) is 17.7 Å². The summed E-state index contributed by atoms with van der Waals surface area (Å²) in [6.45, 7) is 0. The number of sulfonamides is 1. The van der Waals surface area contributed by atoms with Gasteiger partial charge < -0.3 is 10.5 Å². The first-order chi connectivity index (χ1) is 9.51. The summed E-state index contributed by atoms with van der Waals surface area (Å²) in [5.41, 5.74) is 6.41. The van der Waals surface area contributed by atoms with E-state index in [1.807, 2.05) is 0 Å². The Morgan fingerprint density at radius 2 is 1.60 bits per heavy atom. The summed E-state index contributed by atoms with van der Waals surface area (Å²) in [6.07, 6.45) is 0. The Kier molecular flexibility index (Phi) is 3.99. The first-order valence-electron chi connectivity index (χ1n) is 5.69. The van der Waals surface area contributed by atoms with E-state index in [0.29, 0.717) is 17.1 Å². The van der Waals surface area contributed by atoms with Crippen molar-refractivity contribution in [1.29, 1.82) is 0 Å². The van der Waals surface area contributed by atoms with Crippen LogP contribution in [0.4, 0.5) is 11.4 Å². The molecule has 20 heavy (non-hydrogen) atoms. The molecule has 0 atom stereocenters. The number of anilines is 1. The van der Waals surface area contributed by atoms with Crippen molar-refractivity contribution in [1.82, 2.24) is 0 Å².